The molecule has 0 bridgehead atoms. The summed E-state index contributed by atoms with van der Waals surface area (Å²) in [5, 5.41) is 163. The largest absolute Gasteiger partial charge is 0.739 e. The summed E-state index contributed by atoms with van der Waals surface area (Å²) < 4.78 is 24.6. The first-order chi connectivity index (χ1) is 60.6. The molecule has 12 N–H and O–H groups in total. The maximum absolute atomic E-state index is 12.6. The second-order valence-electron chi connectivity index (χ2n) is 26.7. The lowest BCUT2D eigenvalue weighted by Gasteiger charge is -2.29. The molecule has 1 aliphatic heterocycles. The van der Waals surface area contributed by atoms with Crippen LogP contribution < -0.4 is 126 Å². The van der Waals surface area contributed by atoms with Crippen LogP contribution in [0.1, 0.15) is 6.42 Å². The highest BCUT2D eigenvalue weighted by atomic mass is 35.5. The summed E-state index contributed by atoms with van der Waals surface area (Å²) in [7, 11) is 5.70. The number of hydrogen-bond donors (Lipinski definition) is 10. The molecule has 0 atom stereocenters. The number of para-hydroxylation sites is 4. The number of carbonyl (C=O) groups is 1. The lowest BCUT2D eigenvalue weighted by Crippen LogP contribution is -2.45. The lowest BCUT2D eigenvalue weighted by molar-refractivity contribution is -0.672. The van der Waals surface area contributed by atoms with Gasteiger partial charge in [0.1, 0.15) is 59.9 Å². The summed E-state index contributed by atoms with van der Waals surface area (Å²) in [6.45, 7) is 7.65. The maximum atomic E-state index is 12.6. The zero-order chi connectivity index (χ0) is 88.3. The number of fused-ring (bicyclic) bond motifs is 5. The third kappa shape index (κ3) is 23.3. The molecule has 646 valence electrons. The average Bonchev–Trinajstić information content (AvgIpc) is 0.844. The molecule has 125 heavy (non-hydrogen) atoms. The second-order valence-corrected chi connectivity index (χ2v) is 27.1. The van der Waals surface area contributed by atoms with Crippen molar-refractivity contribution in [3.05, 3.63) is 270 Å². The van der Waals surface area contributed by atoms with Gasteiger partial charge in [0.15, 0.2) is 33.4 Å². The molecule has 0 radical (unpaired) electrons. The van der Waals surface area contributed by atoms with Crippen LogP contribution in [0, 0.1) is 52.1 Å². The molecule has 9 aromatic heterocycles. The van der Waals surface area contributed by atoms with E-state index in [4.69, 9.17) is 42.0 Å². The van der Waals surface area contributed by atoms with Crippen molar-refractivity contribution in [2.24, 2.45) is 11.5 Å². The Morgan fingerprint density at radius 1 is 0.448 bits per heavy atom. The first kappa shape index (κ1) is 88.1. The van der Waals surface area contributed by atoms with Gasteiger partial charge in [-0.1, -0.05) is 35.9 Å². The molecule has 46 nitrogen and oxygen atoms in total. The van der Waals surface area contributed by atoms with Gasteiger partial charge in [0.2, 0.25) is 25.5 Å². The molecule has 0 saturated carbocycles. The second kappa shape index (κ2) is 42.7. The van der Waals surface area contributed by atoms with Crippen LogP contribution in [0.3, 0.4) is 0 Å². The Hall–Kier alpha value is -16.2. The van der Waals surface area contributed by atoms with Gasteiger partial charge in [-0.05, 0) is 125 Å². The van der Waals surface area contributed by atoms with E-state index in [9.17, 15) is 56.9 Å². The number of likely N-dealkylation sites (N-methyl/N-ethyl adjacent to an activating group) is 2. The van der Waals surface area contributed by atoms with Crippen molar-refractivity contribution in [3.63, 3.8) is 0 Å². The highest BCUT2D eigenvalue weighted by Gasteiger charge is 2.28. The standard InChI is InChI=1S/C17H17ClN6O4.C16H17N7O2.C16H18N6O3.C15H16N6O3.C14H14N6O3/c18-12-7-6-11(28-9-3-8-19)10-13(12)20-17(25)21-16-22-24(27)15-5-2-1-4-14(15)23(16)26;24-22-13-3-1-2-4-14(13)23(25)20-16(22)19-15-6-5-12(11-18-15)21-9-7-17-8-10-21;1-20(2)8-9-25-13-5-6-14-15(10-13)21(23)16(19-22(14)24)18-12-4-3-7-17-11-12;1-16-7-8-24-12-4-5-13-14(9-12)20(22)15(19-21(13)23)18-11-3-2-6-17-10-11;15-5-7-23-11-3-4-12-13(8-11)19(21)14(18-20(12)22)17-10-2-1-6-16-9-10/h1-2,4-7,10H,3,8-9,19H2,(H2,20,21,22,25);1-6,11,17H,7-10H2,(H,18,19,20);3-7,10-11H,8-9H2,1-2H3,(H,18,19);2-6,9-10,16H,7-8H2,1H3,(H,18,19);1-4,6,8-9H,5,7,15H2,(H,17,18). The molecule has 16 rings (SSSR count). The molecule has 15 aromatic rings. The molecular weight excluding hydrogens is 1650 g/mol. The van der Waals surface area contributed by atoms with Crippen molar-refractivity contribution in [3.8, 4) is 23.0 Å². The Morgan fingerprint density at radius 3 is 1.29 bits per heavy atom. The normalized spacial score (nSPS) is 11.5. The molecule has 1 aliphatic rings. The van der Waals surface area contributed by atoms with Crippen LogP contribution in [0.15, 0.2) is 213 Å². The third-order valence-electron chi connectivity index (χ3n) is 17.7. The highest BCUT2D eigenvalue weighted by Crippen LogP contribution is 2.28. The Morgan fingerprint density at radius 2 is 0.856 bits per heavy atom. The minimum Gasteiger partial charge on any atom is -0.739 e. The van der Waals surface area contributed by atoms with E-state index < -0.39 is 12.0 Å². The molecule has 0 spiro atoms. The van der Waals surface area contributed by atoms with Gasteiger partial charge in [-0.2, -0.15) is 5.32 Å². The summed E-state index contributed by atoms with van der Waals surface area (Å²) in [4.78, 5) is 34.5. The van der Waals surface area contributed by atoms with Crippen LogP contribution in [0.2, 0.25) is 5.02 Å². The van der Waals surface area contributed by atoms with Crippen LogP contribution in [0.4, 0.5) is 68.8 Å². The number of ether oxygens (including phenoxy) is 4. The summed E-state index contributed by atoms with van der Waals surface area (Å²) >= 11 is 6.08. The minimum absolute atomic E-state index is 0.0659. The van der Waals surface area contributed by atoms with E-state index in [2.05, 4.69) is 92.9 Å². The summed E-state index contributed by atoms with van der Waals surface area (Å²) in [6.07, 6.45) is 11.8. The molecule has 0 unspecified atom stereocenters. The van der Waals surface area contributed by atoms with E-state index >= 15 is 0 Å². The molecule has 1 fully saturated rings. The van der Waals surface area contributed by atoms with Gasteiger partial charge < -0.3 is 103 Å². The zero-order valence-corrected chi connectivity index (χ0v) is 67.7. The van der Waals surface area contributed by atoms with Crippen LogP contribution in [-0.4, -0.2) is 156 Å². The summed E-state index contributed by atoms with van der Waals surface area (Å²) in [5.74, 6) is 1.38. The van der Waals surface area contributed by atoms with Gasteiger partial charge in [-0.15, -0.1) is 0 Å². The van der Waals surface area contributed by atoms with E-state index in [1.807, 2.05) is 32.1 Å². The predicted octanol–water partition coefficient (Wildman–Crippen LogP) is 2.37. The number of piperazine rings is 1. The molecular formula is C78H82ClN31O15. The number of carbonyl (C=O) groups excluding carboxylic acids is 1. The van der Waals surface area contributed by atoms with Gasteiger partial charge in [0.05, 0.1) is 47.8 Å². The van der Waals surface area contributed by atoms with Gasteiger partial charge in [-0.25, -0.2) is 54.7 Å². The van der Waals surface area contributed by atoms with Crippen molar-refractivity contribution in [2.45, 2.75) is 6.42 Å². The van der Waals surface area contributed by atoms with Crippen molar-refractivity contribution in [1.82, 2.24) is 61.0 Å². The first-order valence-corrected chi connectivity index (χ1v) is 38.6. The monoisotopic (exact) mass is 1730 g/mol. The number of nitrogens with two attached hydrogens (primary N) is 2. The number of amides is 2. The lowest BCUT2D eigenvalue weighted by atomic mass is 10.3. The quantitative estimate of drug-likeness (QED) is 0.0211. The van der Waals surface area contributed by atoms with Gasteiger partial charge in [0.25, 0.3) is 27.6 Å². The first-order valence-electron chi connectivity index (χ1n) is 38.2. The van der Waals surface area contributed by atoms with Gasteiger partial charge in [0, 0.05) is 143 Å². The van der Waals surface area contributed by atoms with Crippen molar-refractivity contribution in [2.75, 3.05) is 137 Å². The highest BCUT2D eigenvalue weighted by molar-refractivity contribution is 6.33. The van der Waals surface area contributed by atoms with E-state index in [1.54, 1.807) is 134 Å². The Kier molecular flexibility index (Phi) is 30.1. The fraction of sp³-hybridized carbons (Fsp3) is 0.205. The number of halogens is 1. The number of aromatic nitrogens is 19. The van der Waals surface area contributed by atoms with E-state index in [1.165, 1.54) is 73.2 Å². The number of urea groups is 1. The summed E-state index contributed by atoms with van der Waals surface area (Å²) in [5.41, 5.74) is 15.2. The Bertz CT molecular complexity index is 6180. The number of nitrogens with zero attached hydrogens (tertiary/aromatic N) is 21. The molecule has 6 aromatic carbocycles. The SMILES string of the molecule is CN(C)CCOc1ccc2c(c1)[n+]([O-])c(Nc1cccnc1)n[n+]2[O-].CNCCOc1ccc2c(c1)[n+]([O-])c(Nc1cccnc1)n[n+]2[O-].NCCCOc1ccc(Cl)c(NC(=O)Nc2n[n+]([O-])c3ccccc3[n+]2[O-])c1.NCCOc1ccc2c(c1)[n+]([O-])c(Nc1cccnc1)n[n+]2[O-].[O-][n+]1nc(Nc2ccc(N3CCNCC3)cn2)[n+]([O-])c2ccccc21. The summed E-state index contributed by atoms with van der Waals surface area (Å²) in [6, 6.07) is 44.4. The van der Waals surface area contributed by atoms with E-state index in [0.29, 0.717) is 141 Å². The van der Waals surface area contributed by atoms with Gasteiger partial charge in [-0.3, -0.25) is 20.3 Å². The molecule has 47 heteroatoms. The molecule has 1 saturated heterocycles. The number of pyridine rings is 4. The number of anilines is 11. The van der Waals surface area contributed by atoms with Crippen LogP contribution in [0.5, 0.6) is 23.0 Å². The van der Waals surface area contributed by atoms with Crippen LogP contribution in [0.25, 0.3) is 55.2 Å². The molecule has 2 amide bonds. The van der Waals surface area contributed by atoms with Crippen molar-refractivity contribution >= 4 is 137 Å². The van der Waals surface area contributed by atoms with Crippen LogP contribution >= 0.6 is 11.6 Å². The van der Waals surface area contributed by atoms with E-state index in [-0.39, 0.29) is 94.5 Å². The average molecular weight is 1730 g/mol. The number of hydrogen-bond acceptors (Lipinski definition) is 34. The number of benzene rings is 6. The third-order valence-corrected chi connectivity index (χ3v) is 18.0. The smallest absolute Gasteiger partial charge is 0.469 e. The minimum atomic E-state index is -0.798. The van der Waals surface area contributed by atoms with Crippen LogP contribution in [-0.2, 0) is 0 Å². The van der Waals surface area contributed by atoms with E-state index in [0.717, 1.165) is 38.4 Å². The number of nitrogens with one attached hydrogen (secondary N) is 8. The Labute approximate surface area is 714 Å². The predicted molar refractivity (Wildman–Crippen MR) is 455 cm³/mol. The topological polar surface area (TPSA) is 594 Å². The maximum Gasteiger partial charge on any atom is 0.469 e. The zero-order valence-electron chi connectivity index (χ0n) is 66.9. The Balaban J connectivity index is 0.000000142. The number of rotatable bonds is 26. The molecule has 10 heterocycles. The fourth-order valence-corrected chi connectivity index (χ4v) is 11.8. The van der Waals surface area contributed by atoms with Crippen molar-refractivity contribution in [1.29, 1.82) is 0 Å². The van der Waals surface area contributed by atoms with Crippen molar-refractivity contribution < 1.29 is 71.6 Å². The van der Waals surface area contributed by atoms with Gasteiger partial charge >= 0.3 is 35.8 Å². The fourth-order valence-electron chi connectivity index (χ4n) is 11.6. The molecule has 0 aliphatic carbocycles.